The van der Waals surface area contributed by atoms with Crippen LogP contribution in [0, 0.1) is 0 Å². The summed E-state index contributed by atoms with van der Waals surface area (Å²) in [6.45, 7) is 3.84. The molecule has 1 amide bonds. The molecule has 0 aliphatic carbocycles. The van der Waals surface area contributed by atoms with Gasteiger partial charge in [0.15, 0.2) is 6.04 Å². The Bertz CT molecular complexity index is 862. The number of esters is 1. The highest BCUT2D eigenvalue weighted by atomic mass is 16.5. The molecule has 0 saturated carbocycles. The van der Waals surface area contributed by atoms with Crippen molar-refractivity contribution in [3.05, 3.63) is 60.2 Å². The highest BCUT2D eigenvalue weighted by Crippen LogP contribution is 2.41. The molecule has 0 N–H and O–H groups in total. The predicted octanol–water partition coefficient (Wildman–Crippen LogP) is 3.57. The average molecular weight is 380 g/mol. The monoisotopic (exact) mass is 380 g/mol. The van der Waals surface area contributed by atoms with E-state index >= 15 is 0 Å². The van der Waals surface area contributed by atoms with Crippen LogP contribution in [0.5, 0.6) is 5.75 Å². The van der Waals surface area contributed by atoms with Gasteiger partial charge in [0.25, 0.3) is 5.91 Å². The van der Waals surface area contributed by atoms with Crippen LogP contribution in [-0.2, 0) is 14.3 Å². The van der Waals surface area contributed by atoms with E-state index in [1.807, 2.05) is 54.6 Å². The third-order valence-corrected chi connectivity index (χ3v) is 4.62. The predicted molar refractivity (Wildman–Crippen MR) is 108 cm³/mol. The summed E-state index contributed by atoms with van der Waals surface area (Å²) < 4.78 is 10.2. The highest BCUT2D eigenvalue weighted by molar-refractivity contribution is 6.08. The van der Waals surface area contributed by atoms with Crippen LogP contribution in [-0.4, -0.2) is 37.3 Å². The van der Waals surface area contributed by atoms with Gasteiger partial charge in [0.1, 0.15) is 5.75 Å². The Hall–Kier alpha value is -3.15. The maximum atomic E-state index is 12.9. The number of carbonyl (C=O) groups is 2. The molecular weight excluding hydrogens is 356 g/mol. The molecular formula is C22H24N2O4. The lowest BCUT2D eigenvalue weighted by molar-refractivity contribution is -0.141. The van der Waals surface area contributed by atoms with Crippen molar-refractivity contribution in [1.29, 1.82) is 0 Å². The summed E-state index contributed by atoms with van der Waals surface area (Å²) in [5, 5.41) is 0. The van der Waals surface area contributed by atoms with Crippen molar-refractivity contribution in [3.63, 3.8) is 0 Å². The van der Waals surface area contributed by atoms with Crippen LogP contribution >= 0.6 is 0 Å². The molecule has 3 rings (SSSR count). The fourth-order valence-corrected chi connectivity index (χ4v) is 3.32. The Morgan fingerprint density at radius 1 is 1.11 bits per heavy atom. The lowest BCUT2D eigenvalue weighted by Crippen LogP contribution is -2.58. The third kappa shape index (κ3) is 4.06. The number of ether oxygens (including phenoxy) is 2. The van der Waals surface area contributed by atoms with E-state index in [0.717, 1.165) is 17.0 Å². The summed E-state index contributed by atoms with van der Waals surface area (Å²) in [6, 6.07) is 16.4. The molecule has 0 aromatic heterocycles. The minimum atomic E-state index is -0.557. The van der Waals surface area contributed by atoms with Crippen LogP contribution in [0.2, 0.25) is 0 Å². The summed E-state index contributed by atoms with van der Waals surface area (Å²) in [5.74, 6) is 0.300. The van der Waals surface area contributed by atoms with Crippen molar-refractivity contribution in [2.24, 2.45) is 4.99 Å². The SMILES string of the molecule is CCOC(=O)CC(C)=N[C@H]1C(=O)N(c2ccc(OC)cc2)[C@H]1c1ccccc1. The fraction of sp³-hybridized carbons (Fsp3) is 0.318. The van der Waals surface area contributed by atoms with E-state index < -0.39 is 6.04 Å². The number of benzene rings is 2. The van der Waals surface area contributed by atoms with Gasteiger partial charge < -0.3 is 14.4 Å². The number of amides is 1. The van der Waals surface area contributed by atoms with E-state index in [4.69, 9.17) is 9.47 Å². The molecule has 0 unspecified atom stereocenters. The molecule has 1 aliphatic rings. The third-order valence-electron chi connectivity index (χ3n) is 4.62. The molecule has 28 heavy (non-hydrogen) atoms. The van der Waals surface area contributed by atoms with Crippen LogP contribution in [0.1, 0.15) is 31.9 Å². The first-order valence-corrected chi connectivity index (χ1v) is 9.26. The number of carbonyl (C=O) groups excluding carboxylic acids is 2. The average Bonchev–Trinajstić information content (AvgIpc) is 2.71. The number of rotatable bonds is 7. The van der Waals surface area contributed by atoms with E-state index in [1.54, 1.807) is 25.9 Å². The molecule has 6 nitrogen and oxygen atoms in total. The van der Waals surface area contributed by atoms with Crippen LogP contribution in [0.25, 0.3) is 0 Å². The second-order valence-electron chi connectivity index (χ2n) is 6.55. The van der Waals surface area contributed by atoms with Crippen LogP contribution in [0.4, 0.5) is 5.69 Å². The van der Waals surface area contributed by atoms with E-state index in [0.29, 0.717) is 12.3 Å². The first-order valence-electron chi connectivity index (χ1n) is 9.26. The smallest absolute Gasteiger partial charge is 0.311 e. The van der Waals surface area contributed by atoms with Crippen molar-refractivity contribution in [3.8, 4) is 5.75 Å². The van der Waals surface area contributed by atoms with E-state index in [-0.39, 0.29) is 24.3 Å². The summed E-state index contributed by atoms with van der Waals surface area (Å²) in [7, 11) is 1.60. The molecule has 146 valence electrons. The van der Waals surface area contributed by atoms with Gasteiger partial charge >= 0.3 is 5.97 Å². The number of anilines is 1. The quantitative estimate of drug-likeness (QED) is 0.418. The van der Waals surface area contributed by atoms with Gasteiger partial charge in [0.2, 0.25) is 0 Å². The molecule has 2 aromatic carbocycles. The van der Waals surface area contributed by atoms with Gasteiger partial charge in [-0.3, -0.25) is 14.6 Å². The van der Waals surface area contributed by atoms with Crippen LogP contribution in [0.3, 0.4) is 0 Å². The molecule has 1 saturated heterocycles. The molecule has 6 heteroatoms. The summed E-state index contributed by atoms with van der Waals surface area (Å²) in [5.41, 5.74) is 2.37. The molecule has 0 radical (unpaired) electrons. The number of methoxy groups -OCH3 is 1. The van der Waals surface area contributed by atoms with Gasteiger partial charge in [-0.25, -0.2) is 0 Å². The standard InChI is InChI=1S/C22H24N2O4/c1-4-28-19(25)14-15(2)23-20-21(16-8-6-5-7-9-16)24(22(20)26)17-10-12-18(27-3)13-11-17/h5-13,20-21H,4,14H2,1-3H3/t20-,21+/m1/s1. The van der Waals surface area contributed by atoms with Crippen molar-refractivity contribution >= 4 is 23.3 Å². The van der Waals surface area contributed by atoms with Crippen LogP contribution < -0.4 is 9.64 Å². The second kappa shape index (κ2) is 8.69. The van der Waals surface area contributed by atoms with E-state index in [2.05, 4.69) is 4.99 Å². The van der Waals surface area contributed by atoms with Gasteiger partial charge in [-0.2, -0.15) is 0 Å². The lowest BCUT2D eigenvalue weighted by atomic mass is 9.88. The molecule has 1 fully saturated rings. The van der Waals surface area contributed by atoms with E-state index in [1.165, 1.54) is 0 Å². The minimum absolute atomic E-state index is 0.0850. The highest BCUT2D eigenvalue weighted by Gasteiger charge is 2.49. The Morgan fingerprint density at radius 2 is 1.79 bits per heavy atom. The summed E-state index contributed by atoms with van der Waals surface area (Å²) >= 11 is 0. The molecule has 1 heterocycles. The number of hydrogen-bond donors (Lipinski definition) is 0. The zero-order chi connectivity index (χ0) is 20.1. The summed E-state index contributed by atoms with van der Waals surface area (Å²) in [4.78, 5) is 30.9. The summed E-state index contributed by atoms with van der Waals surface area (Å²) in [6.07, 6.45) is 0.0850. The fourth-order valence-electron chi connectivity index (χ4n) is 3.32. The van der Waals surface area contributed by atoms with E-state index in [9.17, 15) is 9.59 Å². The maximum absolute atomic E-state index is 12.9. The first kappa shape index (κ1) is 19.6. The minimum Gasteiger partial charge on any atom is -0.497 e. The van der Waals surface area contributed by atoms with Crippen molar-refractivity contribution < 1.29 is 19.1 Å². The Morgan fingerprint density at radius 3 is 2.39 bits per heavy atom. The Balaban J connectivity index is 1.88. The lowest BCUT2D eigenvalue weighted by Gasteiger charge is -2.45. The van der Waals surface area contributed by atoms with Crippen molar-refractivity contribution in [1.82, 2.24) is 0 Å². The zero-order valence-corrected chi connectivity index (χ0v) is 16.3. The molecule has 2 atom stereocenters. The number of hydrogen-bond acceptors (Lipinski definition) is 5. The number of β-lactam (4-membered cyclic amide) rings is 1. The van der Waals surface area contributed by atoms with Crippen molar-refractivity contribution in [2.75, 3.05) is 18.6 Å². The molecule has 0 spiro atoms. The van der Waals surface area contributed by atoms with Gasteiger partial charge in [-0.05, 0) is 43.7 Å². The van der Waals surface area contributed by atoms with Gasteiger partial charge in [-0.1, -0.05) is 30.3 Å². The molecule has 2 aromatic rings. The number of aliphatic imine (C=N–C) groups is 1. The molecule has 0 bridgehead atoms. The molecule has 1 aliphatic heterocycles. The second-order valence-corrected chi connectivity index (χ2v) is 6.55. The van der Waals surface area contributed by atoms with Crippen LogP contribution in [0.15, 0.2) is 59.6 Å². The Labute approximate surface area is 164 Å². The van der Waals surface area contributed by atoms with Crippen molar-refractivity contribution in [2.45, 2.75) is 32.4 Å². The zero-order valence-electron chi connectivity index (χ0n) is 16.3. The Kier molecular flexibility index (Phi) is 6.09. The largest absolute Gasteiger partial charge is 0.497 e. The first-order chi connectivity index (χ1) is 13.5. The van der Waals surface area contributed by atoms with Gasteiger partial charge in [0, 0.05) is 11.4 Å². The van der Waals surface area contributed by atoms with Gasteiger partial charge in [-0.15, -0.1) is 0 Å². The normalized spacial score (nSPS) is 19.2. The topological polar surface area (TPSA) is 68.2 Å². The maximum Gasteiger partial charge on any atom is 0.311 e. The number of nitrogens with zero attached hydrogens (tertiary/aromatic N) is 2. The van der Waals surface area contributed by atoms with Gasteiger partial charge in [0.05, 0.1) is 26.2 Å².